The number of aromatic nitrogens is 1. The molecule has 0 aliphatic heterocycles. The van der Waals surface area contributed by atoms with Gasteiger partial charge in [0, 0.05) is 6.20 Å². The van der Waals surface area contributed by atoms with E-state index >= 15 is 0 Å². The number of esters is 1. The van der Waals surface area contributed by atoms with Crippen LogP contribution in [0.5, 0.6) is 11.6 Å². The van der Waals surface area contributed by atoms with E-state index < -0.39 is 5.97 Å². The summed E-state index contributed by atoms with van der Waals surface area (Å²) in [6.07, 6.45) is 1.54. The maximum Gasteiger partial charge on any atom is 0.337 e. The van der Waals surface area contributed by atoms with Gasteiger partial charge in [-0.25, -0.2) is 9.78 Å². The first-order valence-electron chi connectivity index (χ1n) is 5.46. The van der Waals surface area contributed by atoms with E-state index in [0.717, 1.165) is 0 Å². The summed E-state index contributed by atoms with van der Waals surface area (Å²) in [6, 6.07) is 11.7. The van der Waals surface area contributed by atoms with E-state index in [2.05, 4.69) is 9.72 Å². The molecule has 0 atom stereocenters. The zero-order valence-corrected chi connectivity index (χ0v) is 10.2. The van der Waals surface area contributed by atoms with Gasteiger partial charge in [0.15, 0.2) is 0 Å². The van der Waals surface area contributed by atoms with Crippen molar-refractivity contribution < 1.29 is 14.3 Å². The molecule has 5 nitrogen and oxygen atoms in total. The quantitative estimate of drug-likeness (QED) is 0.787. The van der Waals surface area contributed by atoms with Crippen LogP contribution in [0, 0.1) is 11.3 Å². The van der Waals surface area contributed by atoms with Crippen molar-refractivity contribution in [3.05, 3.63) is 53.7 Å². The highest BCUT2D eigenvalue weighted by molar-refractivity contribution is 5.89. The molecule has 2 rings (SSSR count). The first kappa shape index (κ1) is 12.6. The fourth-order valence-electron chi connectivity index (χ4n) is 1.45. The second-order valence-corrected chi connectivity index (χ2v) is 3.59. The summed E-state index contributed by atoms with van der Waals surface area (Å²) in [7, 11) is 1.32. The number of pyridine rings is 1. The highest BCUT2D eigenvalue weighted by Gasteiger charge is 2.07. The van der Waals surface area contributed by atoms with Crippen LogP contribution in [-0.2, 0) is 4.74 Å². The molecule has 0 fully saturated rings. The van der Waals surface area contributed by atoms with E-state index in [4.69, 9.17) is 10.00 Å². The van der Waals surface area contributed by atoms with E-state index in [-0.39, 0.29) is 5.88 Å². The van der Waals surface area contributed by atoms with Crippen LogP contribution in [0.25, 0.3) is 0 Å². The van der Waals surface area contributed by atoms with Gasteiger partial charge in [0.25, 0.3) is 0 Å². The van der Waals surface area contributed by atoms with Crippen LogP contribution < -0.4 is 4.74 Å². The highest BCUT2D eigenvalue weighted by Crippen LogP contribution is 2.22. The first-order valence-corrected chi connectivity index (χ1v) is 5.46. The van der Waals surface area contributed by atoms with Gasteiger partial charge in [-0.2, -0.15) is 5.26 Å². The lowest BCUT2D eigenvalue weighted by Gasteiger charge is -2.06. The standard InChI is InChI=1S/C14H10N2O3/c1-18-14(17)10-4-6-12(7-5-10)19-13-11(9-15)3-2-8-16-13/h2-8H,1H3. The van der Waals surface area contributed by atoms with Crippen molar-refractivity contribution in [2.45, 2.75) is 0 Å². The summed E-state index contributed by atoms with van der Waals surface area (Å²) in [4.78, 5) is 15.2. The molecule has 1 heterocycles. The topological polar surface area (TPSA) is 72.2 Å². The molecule has 1 aromatic heterocycles. The Kier molecular flexibility index (Phi) is 3.74. The Morgan fingerprint density at radius 2 is 2.00 bits per heavy atom. The Hall–Kier alpha value is -2.87. The van der Waals surface area contributed by atoms with Crippen LogP contribution in [-0.4, -0.2) is 18.1 Å². The molecule has 5 heteroatoms. The largest absolute Gasteiger partial charge is 0.465 e. The molecule has 0 aliphatic rings. The average molecular weight is 254 g/mol. The number of nitriles is 1. The van der Waals surface area contributed by atoms with Crippen molar-refractivity contribution in [2.24, 2.45) is 0 Å². The second-order valence-electron chi connectivity index (χ2n) is 3.59. The van der Waals surface area contributed by atoms with Crippen molar-refractivity contribution in [1.82, 2.24) is 4.98 Å². The normalized spacial score (nSPS) is 9.47. The van der Waals surface area contributed by atoms with Gasteiger partial charge in [-0.05, 0) is 36.4 Å². The van der Waals surface area contributed by atoms with E-state index in [9.17, 15) is 4.79 Å². The number of nitrogens with zero attached hydrogens (tertiary/aromatic N) is 2. The van der Waals surface area contributed by atoms with Crippen LogP contribution in [0.4, 0.5) is 0 Å². The van der Waals surface area contributed by atoms with Gasteiger partial charge in [-0.15, -0.1) is 0 Å². The summed E-state index contributed by atoms with van der Waals surface area (Å²) in [5.41, 5.74) is 0.774. The maximum absolute atomic E-state index is 11.3. The minimum absolute atomic E-state index is 0.232. The molecule has 1 aromatic carbocycles. The van der Waals surface area contributed by atoms with Gasteiger partial charge in [-0.1, -0.05) is 0 Å². The Bertz CT molecular complexity index is 630. The number of carbonyl (C=O) groups is 1. The van der Waals surface area contributed by atoms with E-state index in [1.807, 2.05) is 6.07 Å². The van der Waals surface area contributed by atoms with Gasteiger partial charge in [0.2, 0.25) is 5.88 Å². The number of methoxy groups -OCH3 is 1. The molecule has 94 valence electrons. The first-order chi connectivity index (χ1) is 9.24. The maximum atomic E-state index is 11.3. The number of carbonyl (C=O) groups excluding carboxylic acids is 1. The van der Waals surface area contributed by atoms with E-state index in [1.54, 1.807) is 42.6 Å². The fourth-order valence-corrected chi connectivity index (χ4v) is 1.45. The summed E-state index contributed by atoms with van der Waals surface area (Å²) >= 11 is 0. The van der Waals surface area contributed by atoms with Crippen LogP contribution in [0.3, 0.4) is 0 Å². The molecule has 0 aliphatic carbocycles. The van der Waals surface area contributed by atoms with Gasteiger partial charge < -0.3 is 9.47 Å². The lowest BCUT2D eigenvalue weighted by atomic mass is 10.2. The smallest absolute Gasteiger partial charge is 0.337 e. The van der Waals surface area contributed by atoms with Crippen LogP contribution in [0.15, 0.2) is 42.6 Å². The molecule has 0 N–H and O–H groups in total. The second kappa shape index (κ2) is 5.65. The number of hydrogen-bond acceptors (Lipinski definition) is 5. The van der Waals surface area contributed by atoms with E-state index in [0.29, 0.717) is 16.9 Å². The van der Waals surface area contributed by atoms with Crippen molar-refractivity contribution in [3.8, 4) is 17.7 Å². The number of rotatable bonds is 3. The van der Waals surface area contributed by atoms with Crippen molar-refractivity contribution >= 4 is 5.97 Å². The monoisotopic (exact) mass is 254 g/mol. The minimum Gasteiger partial charge on any atom is -0.465 e. The SMILES string of the molecule is COC(=O)c1ccc(Oc2ncccc2C#N)cc1. The summed E-state index contributed by atoms with van der Waals surface area (Å²) < 4.78 is 10.1. The summed E-state index contributed by atoms with van der Waals surface area (Å²) in [5, 5.41) is 8.91. The number of hydrogen-bond donors (Lipinski definition) is 0. The number of ether oxygens (including phenoxy) is 2. The molecule has 0 spiro atoms. The minimum atomic E-state index is -0.415. The van der Waals surface area contributed by atoms with Crippen LogP contribution in [0.2, 0.25) is 0 Å². The molecule has 2 aromatic rings. The summed E-state index contributed by atoms with van der Waals surface area (Å²) in [6.45, 7) is 0. The third-order valence-electron chi connectivity index (χ3n) is 2.38. The molecule has 19 heavy (non-hydrogen) atoms. The molecular formula is C14H10N2O3. The van der Waals surface area contributed by atoms with Gasteiger partial charge >= 0.3 is 5.97 Å². The Labute approximate surface area is 110 Å². The van der Waals surface area contributed by atoms with Gasteiger partial charge in [0.1, 0.15) is 17.4 Å². The summed E-state index contributed by atoms with van der Waals surface area (Å²) in [5.74, 6) is 0.306. The lowest BCUT2D eigenvalue weighted by Crippen LogP contribution is -2.00. The average Bonchev–Trinajstić information content (AvgIpc) is 2.48. The fraction of sp³-hybridized carbons (Fsp3) is 0.0714. The molecule has 0 unspecified atom stereocenters. The highest BCUT2D eigenvalue weighted by atomic mass is 16.5. The van der Waals surface area contributed by atoms with Gasteiger partial charge in [0.05, 0.1) is 12.7 Å². The number of benzene rings is 1. The predicted octanol–water partition coefficient (Wildman–Crippen LogP) is 2.53. The zero-order valence-electron chi connectivity index (χ0n) is 10.2. The molecular weight excluding hydrogens is 244 g/mol. The van der Waals surface area contributed by atoms with Crippen molar-refractivity contribution in [1.29, 1.82) is 5.26 Å². The Morgan fingerprint density at radius 3 is 2.63 bits per heavy atom. The predicted molar refractivity (Wildman–Crippen MR) is 66.8 cm³/mol. The Balaban J connectivity index is 2.20. The van der Waals surface area contributed by atoms with E-state index in [1.165, 1.54) is 7.11 Å². The molecule has 0 radical (unpaired) electrons. The lowest BCUT2D eigenvalue weighted by molar-refractivity contribution is 0.0600. The molecule has 0 amide bonds. The van der Waals surface area contributed by atoms with Crippen LogP contribution >= 0.6 is 0 Å². The molecule has 0 saturated carbocycles. The molecule has 0 bridgehead atoms. The third-order valence-corrected chi connectivity index (χ3v) is 2.38. The zero-order chi connectivity index (χ0) is 13.7. The van der Waals surface area contributed by atoms with Crippen molar-refractivity contribution in [3.63, 3.8) is 0 Å². The third kappa shape index (κ3) is 2.87. The van der Waals surface area contributed by atoms with Gasteiger partial charge in [-0.3, -0.25) is 0 Å². The Morgan fingerprint density at radius 1 is 1.26 bits per heavy atom. The molecule has 0 saturated heterocycles. The van der Waals surface area contributed by atoms with Crippen LogP contribution in [0.1, 0.15) is 15.9 Å². The van der Waals surface area contributed by atoms with Crippen molar-refractivity contribution in [2.75, 3.05) is 7.11 Å².